The number of phenols is 1. The molecule has 0 amide bonds. The summed E-state index contributed by atoms with van der Waals surface area (Å²) in [4.78, 5) is 23.4. The fourth-order valence-corrected chi connectivity index (χ4v) is 1.78. The van der Waals surface area contributed by atoms with Crippen LogP contribution in [-0.2, 0) is 11.8 Å². The summed E-state index contributed by atoms with van der Waals surface area (Å²) in [7, 11) is 1.62. The summed E-state index contributed by atoms with van der Waals surface area (Å²) < 4.78 is 6.24. The minimum absolute atomic E-state index is 0.0672. The summed E-state index contributed by atoms with van der Waals surface area (Å²) in [6.07, 6.45) is 1.54. The number of carbonyl (C=O) groups is 1. The molecule has 2 aromatic rings. The van der Waals surface area contributed by atoms with E-state index in [4.69, 9.17) is 4.74 Å². The summed E-state index contributed by atoms with van der Waals surface area (Å²) in [5.74, 6) is -0.818. The number of aryl methyl sites for hydroxylation is 1. The normalized spacial score (nSPS) is 10.6. The largest absolute Gasteiger partial charge is 0.506 e. The SMILES string of the molecule is CCOC(=O)c1ccc2c(=O)n(C)ccc2c1O. The number of benzene rings is 1. The lowest BCUT2D eigenvalue weighted by atomic mass is 10.1. The highest BCUT2D eigenvalue weighted by Crippen LogP contribution is 2.27. The minimum Gasteiger partial charge on any atom is -0.506 e. The average molecular weight is 247 g/mol. The van der Waals surface area contributed by atoms with Crippen LogP contribution in [0.1, 0.15) is 17.3 Å². The molecule has 1 N–H and O–H groups in total. The van der Waals surface area contributed by atoms with Gasteiger partial charge in [0, 0.05) is 18.6 Å². The van der Waals surface area contributed by atoms with Gasteiger partial charge >= 0.3 is 5.97 Å². The van der Waals surface area contributed by atoms with Gasteiger partial charge in [0.1, 0.15) is 11.3 Å². The Morgan fingerprint density at radius 3 is 2.72 bits per heavy atom. The van der Waals surface area contributed by atoms with Gasteiger partial charge in [0.15, 0.2) is 0 Å². The van der Waals surface area contributed by atoms with Gasteiger partial charge in [-0.15, -0.1) is 0 Å². The zero-order chi connectivity index (χ0) is 13.3. The molecule has 0 saturated heterocycles. The first-order valence-corrected chi connectivity index (χ1v) is 5.54. The molecule has 1 aromatic carbocycles. The van der Waals surface area contributed by atoms with E-state index in [1.54, 1.807) is 26.2 Å². The lowest BCUT2D eigenvalue weighted by Gasteiger charge is -2.08. The van der Waals surface area contributed by atoms with Crippen LogP contribution in [0.3, 0.4) is 0 Å². The van der Waals surface area contributed by atoms with Crippen molar-refractivity contribution in [3.63, 3.8) is 0 Å². The van der Waals surface area contributed by atoms with Crippen molar-refractivity contribution in [1.29, 1.82) is 0 Å². The summed E-state index contributed by atoms with van der Waals surface area (Å²) in [6.45, 7) is 1.92. The third-order valence-electron chi connectivity index (χ3n) is 2.73. The Morgan fingerprint density at radius 2 is 2.06 bits per heavy atom. The number of pyridine rings is 1. The summed E-state index contributed by atoms with van der Waals surface area (Å²) in [5.41, 5.74) is -0.157. The van der Waals surface area contributed by atoms with Crippen molar-refractivity contribution in [2.45, 2.75) is 6.92 Å². The van der Waals surface area contributed by atoms with Crippen LogP contribution >= 0.6 is 0 Å². The summed E-state index contributed by atoms with van der Waals surface area (Å²) in [5, 5.41) is 10.7. The Bertz CT molecular complexity index is 672. The number of ether oxygens (including phenoxy) is 1. The maximum atomic E-state index is 11.8. The van der Waals surface area contributed by atoms with Gasteiger partial charge in [-0.3, -0.25) is 4.79 Å². The first-order chi connectivity index (χ1) is 8.56. The second-order valence-electron chi connectivity index (χ2n) is 3.88. The van der Waals surface area contributed by atoms with Gasteiger partial charge in [0.25, 0.3) is 5.56 Å². The molecule has 0 aliphatic rings. The zero-order valence-corrected chi connectivity index (χ0v) is 10.1. The van der Waals surface area contributed by atoms with E-state index in [9.17, 15) is 14.7 Å². The van der Waals surface area contributed by atoms with Gasteiger partial charge in [-0.2, -0.15) is 0 Å². The van der Waals surface area contributed by atoms with Gasteiger partial charge in [0.05, 0.1) is 12.0 Å². The van der Waals surface area contributed by atoms with Gasteiger partial charge < -0.3 is 14.4 Å². The van der Waals surface area contributed by atoms with E-state index in [1.807, 2.05) is 0 Å². The second-order valence-corrected chi connectivity index (χ2v) is 3.88. The van der Waals surface area contributed by atoms with E-state index in [0.717, 1.165) is 0 Å². The van der Waals surface area contributed by atoms with E-state index in [0.29, 0.717) is 10.8 Å². The van der Waals surface area contributed by atoms with Crippen LogP contribution in [0.5, 0.6) is 5.75 Å². The number of phenolic OH excluding ortho intramolecular Hbond substituents is 1. The Balaban J connectivity index is 2.69. The van der Waals surface area contributed by atoms with Crippen LogP contribution in [-0.4, -0.2) is 22.2 Å². The molecule has 0 fully saturated rings. The number of carbonyl (C=O) groups excluding carboxylic acids is 1. The maximum absolute atomic E-state index is 11.8. The number of fused-ring (bicyclic) bond motifs is 1. The molecule has 0 atom stereocenters. The summed E-state index contributed by atoms with van der Waals surface area (Å²) >= 11 is 0. The van der Waals surface area contributed by atoms with Crippen molar-refractivity contribution in [2.24, 2.45) is 7.05 Å². The van der Waals surface area contributed by atoms with E-state index in [1.165, 1.54) is 16.7 Å². The molecule has 0 unspecified atom stereocenters. The van der Waals surface area contributed by atoms with Crippen molar-refractivity contribution in [3.8, 4) is 5.75 Å². The monoisotopic (exact) mass is 247 g/mol. The molecule has 0 radical (unpaired) electrons. The smallest absolute Gasteiger partial charge is 0.341 e. The van der Waals surface area contributed by atoms with Crippen LogP contribution in [0.2, 0.25) is 0 Å². The first kappa shape index (κ1) is 12.2. The molecule has 18 heavy (non-hydrogen) atoms. The van der Waals surface area contributed by atoms with Crippen LogP contribution in [0.4, 0.5) is 0 Å². The van der Waals surface area contributed by atoms with Crippen LogP contribution in [0.15, 0.2) is 29.2 Å². The maximum Gasteiger partial charge on any atom is 0.341 e. The molecular formula is C13H13NO4. The molecule has 1 aromatic heterocycles. The number of hydrogen-bond donors (Lipinski definition) is 1. The first-order valence-electron chi connectivity index (χ1n) is 5.54. The van der Waals surface area contributed by atoms with Gasteiger partial charge in [-0.05, 0) is 25.1 Å². The Morgan fingerprint density at radius 1 is 1.33 bits per heavy atom. The predicted octanol–water partition coefficient (Wildman–Crippen LogP) is 1.42. The minimum atomic E-state index is -0.599. The standard InChI is InChI=1S/C13H13NO4/c1-3-18-13(17)10-5-4-9-8(11(10)15)6-7-14(2)12(9)16/h4-7,15H,3H2,1-2H3. The van der Waals surface area contributed by atoms with Crippen molar-refractivity contribution in [1.82, 2.24) is 4.57 Å². The molecule has 0 saturated carbocycles. The highest BCUT2D eigenvalue weighted by molar-refractivity contribution is 6.00. The van der Waals surface area contributed by atoms with Gasteiger partial charge in [0.2, 0.25) is 0 Å². The Hall–Kier alpha value is -2.30. The number of aromatic hydroxyl groups is 1. The fourth-order valence-electron chi connectivity index (χ4n) is 1.78. The topological polar surface area (TPSA) is 68.5 Å². The van der Waals surface area contributed by atoms with E-state index in [-0.39, 0.29) is 23.5 Å². The van der Waals surface area contributed by atoms with Crippen LogP contribution in [0.25, 0.3) is 10.8 Å². The third kappa shape index (κ3) is 1.84. The van der Waals surface area contributed by atoms with E-state index >= 15 is 0 Å². The predicted molar refractivity (Wildman–Crippen MR) is 66.8 cm³/mol. The zero-order valence-electron chi connectivity index (χ0n) is 10.1. The lowest BCUT2D eigenvalue weighted by molar-refractivity contribution is 0.0523. The molecule has 94 valence electrons. The number of nitrogens with zero attached hydrogens (tertiary/aromatic N) is 1. The fraction of sp³-hybridized carbons (Fsp3) is 0.231. The second kappa shape index (κ2) is 4.52. The molecule has 5 nitrogen and oxygen atoms in total. The number of aromatic nitrogens is 1. The highest BCUT2D eigenvalue weighted by Gasteiger charge is 2.16. The van der Waals surface area contributed by atoms with E-state index < -0.39 is 5.97 Å². The summed E-state index contributed by atoms with van der Waals surface area (Å²) in [6, 6.07) is 4.51. The van der Waals surface area contributed by atoms with Crippen molar-refractivity contribution in [2.75, 3.05) is 6.61 Å². The number of esters is 1. The molecular weight excluding hydrogens is 234 g/mol. The molecule has 0 aliphatic carbocycles. The van der Waals surface area contributed by atoms with Crippen LogP contribution < -0.4 is 5.56 Å². The number of rotatable bonds is 2. The molecule has 2 rings (SSSR count). The van der Waals surface area contributed by atoms with Gasteiger partial charge in [-0.1, -0.05) is 0 Å². The molecule has 0 bridgehead atoms. The molecule has 1 heterocycles. The Labute approximate surface area is 103 Å². The van der Waals surface area contributed by atoms with Gasteiger partial charge in [-0.25, -0.2) is 4.79 Å². The lowest BCUT2D eigenvalue weighted by Crippen LogP contribution is -2.16. The quantitative estimate of drug-likeness (QED) is 0.815. The number of hydrogen-bond acceptors (Lipinski definition) is 4. The molecule has 0 spiro atoms. The van der Waals surface area contributed by atoms with Crippen molar-refractivity contribution in [3.05, 3.63) is 40.3 Å². The Kier molecular flexibility index (Phi) is 3.06. The molecule has 0 aliphatic heterocycles. The van der Waals surface area contributed by atoms with Crippen LogP contribution in [0, 0.1) is 0 Å². The van der Waals surface area contributed by atoms with Crippen molar-refractivity contribution >= 4 is 16.7 Å². The third-order valence-corrected chi connectivity index (χ3v) is 2.73. The molecule has 5 heteroatoms. The van der Waals surface area contributed by atoms with E-state index in [2.05, 4.69) is 0 Å². The van der Waals surface area contributed by atoms with Crippen molar-refractivity contribution < 1.29 is 14.6 Å². The highest BCUT2D eigenvalue weighted by atomic mass is 16.5. The average Bonchev–Trinajstić information content (AvgIpc) is 2.34.